The van der Waals surface area contributed by atoms with Gasteiger partial charge in [-0.3, -0.25) is 14.4 Å². The first-order valence-corrected chi connectivity index (χ1v) is 11.5. The second-order valence-corrected chi connectivity index (χ2v) is 8.45. The average Bonchev–Trinajstić information content (AvgIpc) is 2.87. The Balaban J connectivity index is 1.55. The summed E-state index contributed by atoms with van der Waals surface area (Å²) in [7, 11) is 0. The highest BCUT2D eigenvalue weighted by Gasteiger charge is 2.28. The summed E-state index contributed by atoms with van der Waals surface area (Å²) >= 11 is 5.86. The van der Waals surface area contributed by atoms with Gasteiger partial charge in [0.1, 0.15) is 0 Å². The van der Waals surface area contributed by atoms with Gasteiger partial charge >= 0.3 is 0 Å². The maximum absolute atomic E-state index is 13.2. The number of carbonyl (C=O) groups is 3. The lowest BCUT2D eigenvalue weighted by atomic mass is 9.94. The summed E-state index contributed by atoms with van der Waals surface area (Å²) in [5.74, 6) is -0.887. The molecule has 0 aliphatic carbocycles. The smallest absolute Gasteiger partial charge is 0.248 e. The molecule has 5 nitrogen and oxygen atoms in total. The lowest BCUT2D eigenvalue weighted by molar-refractivity contribution is -0.126. The highest BCUT2D eigenvalue weighted by Crippen LogP contribution is 2.22. The van der Waals surface area contributed by atoms with Crippen molar-refractivity contribution in [3.8, 4) is 0 Å². The number of nitrogens with zero attached hydrogens (tertiary/aromatic N) is 1. The number of rotatable bonds is 5. The van der Waals surface area contributed by atoms with Gasteiger partial charge < -0.3 is 10.2 Å². The number of likely N-dealkylation sites (tertiary alicyclic amines) is 1. The lowest BCUT2D eigenvalue weighted by Gasteiger charge is -2.29. The van der Waals surface area contributed by atoms with E-state index >= 15 is 0 Å². The zero-order chi connectivity index (χ0) is 24.6. The molecule has 1 N–H and O–H groups in total. The Kier molecular flexibility index (Phi) is 7.70. The van der Waals surface area contributed by atoms with Gasteiger partial charge in [-0.05, 0) is 47.5 Å². The van der Waals surface area contributed by atoms with Crippen LogP contribution in [-0.4, -0.2) is 35.6 Å². The van der Waals surface area contributed by atoms with E-state index in [0.717, 1.165) is 11.1 Å². The molecule has 1 aliphatic heterocycles. The summed E-state index contributed by atoms with van der Waals surface area (Å²) in [5.41, 5.74) is 3.35. The van der Waals surface area contributed by atoms with Crippen LogP contribution in [0.2, 0.25) is 5.02 Å². The minimum Gasteiger partial charge on any atom is -0.330 e. The van der Waals surface area contributed by atoms with Gasteiger partial charge in [-0.1, -0.05) is 72.3 Å². The number of hydrogen-bond donors (Lipinski definition) is 1. The van der Waals surface area contributed by atoms with E-state index < -0.39 is 5.91 Å². The molecule has 35 heavy (non-hydrogen) atoms. The second kappa shape index (κ2) is 11.3. The number of amides is 2. The molecule has 0 spiro atoms. The third-order valence-electron chi connectivity index (χ3n) is 5.39. The average molecular weight is 483 g/mol. The van der Waals surface area contributed by atoms with Crippen molar-refractivity contribution >= 4 is 47.0 Å². The van der Waals surface area contributed by atoms with Crippen molar-refractivity contribution in [1.29, 1.82) is 0 Å². The van der Waals surface area contributed by atoms with Crippen molar-refractivity contribution in [2.24, 2.45) is 0 Å². The predicted octanol–water partition coefficient (Wildman–Crippen LogP) is 5.41. The lowest BCUT2D eigenvalue weighted by Crippen LogP contribution is -2.41. The highest BCUT2D eigenvalue weighted by atomic mass is 35.5. The number of piperidine rings is 1. The van der Waals surface area contributed by atoms with Crippen molar-refractivity contribution in [3.05, 3.63) is 124 Å². The maximum Gasteiger partial charge on any atom is 0.248 e. The predicted molar refractivity (Wildman–Crippen MR) is 140 cm³/mol. The fourth-order valence-corrected chi connectivity index (χ4v) is 3.79. The van der Waals surface area contributed by atoms with Gasteiger partial charge in [-0.2, -0.15) is 0 Å². The molecule has 174 valence electrons. The molecule has 1 heterocycles. The minimum absolute atomic E-state index is 0.0915. The van der Waals surface area contributed by atoms with E-state index in [2.05, 4.69) is 5.32 Å². The first-order chi connectivity index (χ1) is 17.0. The Morgan fingerprint density at radius 2 is 1.26 bits per heavy atom. The first kappa shape index (κ1) is 23.9. The summed E-state index contributed by atoms with van der Waals surface area (Å²) in [6.45, 7) is 0.309. The van der Waals surface area contributed by atoms with Crippen LogP contribution in [0.3, 0.4) is 0 Å². The Bertz CT molecular complexity index is 1250. The van der Waals surface area contributed by atoms with Crippen molar-refractivity contribution in [2.75, 3.05) is 18.4 Å². The van der Waals surface area contributed by atoms with E-state index in [0.29, 0.717) is 21.9 Å². The molecule has 1 aliphatic rings. The Labute approximate surface area is 209 Å². The Hall–Kier alpha value is -4.22. The fourth-order valence-electron chi connectivity index (χ4n) is 3.67. The Morgan fingerprint density at radius 3 is 1.77 bits per heavy atom. The van der Waals surface area contributed by atoms with Crippen LogP contribution in [0.1, 0.15) is 11.1 Å². The highest BCUT2D eigenvalue weighted by molar-refractivity contribution is 6.30. The minimum atomic E-state index is -0.436. The molecule has 3 aromatic rings. The molecular formula is C29H23ClN2O3. The zero-order valence-corrected chi connectivity index (χ0v) is 19.6. The van der Waals surface area contributed by atoms with E-state index in [1.54, 1.807) is 41.3 Å². The number of nitrogens with one attached hydrogen (secondary N) is 1. The van der Waals surface area contributed by atoms with Crippen LogP contribution < -0.4 is 5.32 Å². The van der Waals surface area contributed by atoms with Gasteiger partial charge in [-0.15, -0.1) is 0 Å². The zero-order valence-electron chi connectivity index (χ0n) is 18.9. The van der Waals surface area contributed by atoms with Crippen LogP contribution in [0.4, 0.5) is 5.69 Å². The third kappa shape index (κ3) is 6.65. The number of hydrogen-bond acceptors (Lipinski definition) is 3. The topological polar surface area (TPSA) is 66.5 Å². The van der Waals surface area contributed by atoms with E-state index in [9.17, 15) is 14.4 Å². The Morgan fingerprint density at radius 1 is 0.743 bits per heavy atom. The van der Waals surface area contributed by atoms with Gasteiger partial charge in [-0.25, -0.2) is 0 Å². The molecule has 0 atom stereocenters. The molecule has 1 fully saturated rings. The fraction of sp³-hybridized carbons (Fsp3) is 0.0690. The standard InChI is InChI=1S/C29H23ClN2O3/c30-25-11-13-26(14-12-25)31-27(33)15-16-28(34)32-19-23(17-21-7-3-1-4-8-21)29(35)24(20-32)18-22-9-5-2-6-10-22/h1-18H,19-20H2,(H,31,33)/b16-15+,23-17+,24-18+. The molecule has 0 bridgehead atoms. The molecule has 0 aromatic heterocycles. The quantitative estimate of drug-likeness (QED) is 0.494. The van der Waals surface area contributed by atoms with Crippen molar-refractivity contribution in [3.63, 3.8) is 0 Å². The molecule has 2 amide bonds. The summed E-state index contributed by atoms with van der Waals surface area (Å²) in [5, 5.41) is 3.25. The maximum atomic E-state index is 13.2. The third-order valence-corrected chi connectivity index (χ3v) is 5.64. The molecular weight excluding hydrogens is 460 g/mol. The van der Waals surface area contributed by atoms with Gasteiger partial charge in [0.05, 0.1) is 13.1 Å². The molecule has 4 rings (SSSR count). The molecule has 1 saturated heterocycles. The van der Waals surface area contributed by atoms with Gasteiger partial charge in [0.25, 0.3) is 0 Å². The van der Waals surface area contributed by atoms with E-state index in [-0.39, 0.29) is 24.8 Å². The number of halogens is 1. The van der Waals surface area contributed by atoms with Crippen LogP contribution in [0.15, 0.2) is 108 Å². The molecule has 0 saturated carbocycles. The van der Waals surface area contributed by atoms with E-state index in [4.69, 9.17) is 11.6 Å². The molecule has 0 unspecified atom stereocenters. The molecule has 6 heteroatoms. The van der Waals surface area contributed by atoms with Gasteiger partial charge in [0.2, 0.25) is 11.8 Å². The number of benzene rings is 3. The first-order valence-electron chi connectivity index (χ1n) is 11.1. The van der Waals surface area contributed by atoms with Crippen LogP contribution in [0.5, 0.6) is 0 Å². The van der Waals surface area contributed by atoms with E-state index in [1.807, 2.05) is 60.7 Å². The van der Waals surface area contributed by atoms with Gasteiger partial charge in [0.15, 0.2) is 5.78 Å². The summed E-state index contributed by atoms with van der Waals surface area (Å²) in [6, 6.07) is 25.7. The molecule has 3 aromatic carbocycles. The van der Waals surface area contributed by atoms with Gasteiger partial charge in [0, 0.05) is 34.0 Å². The van der Waals surface area contributed by atoms with Crippen molar-refractivity contribution < 1.29 is 14.4 Å². The normalized spacial score (nSPS) is 16.1. The number of ketones is 1. The number of Topliss-reactive ketones (excluding diaryl/α,β-unsaturated/α-hetero) is 1. The summed E-state index contributed by atoms with van der Waals surface area (Å²) in [6.07, 6.45) is 6.02. The van der Waals surface area contributed by atoms with Crippen LogP contribution in [0.25, 0.3) is 12.2 Å². The second-order valence-electron chi connectivity index (χ2n) is 8.01. The van der Waals surface area contributed by atoms with Crippen LogP contribution in [-0.2, 0) is 14.4 Å². The monoisotopic (exact) mass is 482 g/mol. The van der Waals surface area contributed by atoms with Crippen LogP contribution in [0, 0.1) is 0 Å². The number of anilines is 1. The van der Waals surface area contributed by atoms with Crippen LogP contribution >= 0.6 is 11.6 Å². The largest absolute Gasteiger partial charge is 0.330 e. The van der Waals surface area contributed by atoms with Crippen molar-refractivity contribution in [1.82, 2.24) is 4.90 Å². The van der Waals surface area contributed by atoms with Crippen molar-refractivity contribution in [2.45, 2.75) is 0 Å². The number of carbonyl (C=O) groups excluding carboxylic acids is 3. The van der Waals surface area contributed by atoms with E-state index in [1.165, 1.54) is 12.2 Å². The summed E-state index contributed by atoms with van der Waals surface area (Å²) < 4.78 is 0. The SMILES string of the molecule is O=C(/C=C/C(=O)N1C/C(=C\c2ccccc2)C(=O)/C(=C/c2ccccc2)C1)Nc1ccc(Cl)cc1. The summed E-state index contributed by atoms with van der Waals surface area (Å²) in [4.78, 5) is 40.0. The molecule has 0 radical (unpaired) electrons.